The molecule has 3 aromatic rings. The summed E-state index contributed by atoms with van der Waals surface area (Å²) in [5, 5.41) is 3.25. The highest BCUT2D eigenvalue weighted by Gasteiger charge is 2.25. The maximum Gasteiger partial charge on any atom is 0.270 e. The molecular formula is C22H25N3OS. The standard InChI is InChI=1S/C22H25N3OS/c1-2-3-10-25-20(16-19-9-15-27-22(19)25)21(26)24-13-11-23(12-14-24)17-18-7-5-4-6-8-18/h2-9,15-16H,10-14,17H2,1H3/b3-2-. The molecule has 5 heteroatoms. The van der Waals surface area contributed by atoms with Crippen LogP contribution in [-0.4, -0.2) is 46.5 Å². The van der Waals surface area contributed by atoms with Crippen molar-refractivity contribution in [1.82, 2.24) is 14.4 Å². The van der Waals surface area contributed by atoms with Crippen molar-refractivity contribution < 1.29 is 4.79 Å². The van der Waals surface area contributed by atoms with Crippen LogP contribution in [0, 0.1) is 0 Å². The molecule has 1 aliphatic heterocycles. The average molecular weight is 380 g/mol. The number of aromatic nitrogens is 1. The molecule has 0 radical (unpaired) electrons. The Hall–Kier alpha value is -2.37. The number of carbonyl (C=O) groups is 1. The van der Waals surface area contributed by atoms with Gasteiger partial charge in [-0.1, -0.05) is 42.5 Å². The molecule has 1 aliphatic rings. The quantitative estimate of drug-likeness (QED) is 0.621. The Morgan fingerprint density at radius 1 is 1.11 bits per heavy atom. The minimum atomic E-state index is 0.155. The van der Waals surface area contributed by atoms with Gasteiger partial charge in [-0.3, -0.25) is 9.69 Å². The van der Waals surface area contributed by atoms with Crippen LogP contribution in [0.5, 0.6) is 0 Å². The van der Waals surface area contributed by atoms with Gasteiger partial charge in [-0.2, -0.15) is 0 Å². The predicted molar refractivity (Wildman–Crippen MR) is 112 cm³/mol. The van der Waals surface area contributed by atoms with Crippen molar-refractivity contribution in [2.24, 2.45) is 0 Å². The Balaban J connectivity index is 1.45. The number of benzene rings is 1. The number of allylic oxidation sites excluding steroid dienone is 2. The van der Waals surface area contributed by atoms with Crippen LogP contribution < -0.4 is 0 Å². The number of hydrogen-bond donors (Lipinski definition) is 0. The van der Waals surface area contributed by atoms with Gasteiger partial charge in [0.1, 0.15) is 10.5 Å². The number of amides is 1. The average Bonchev–Trinajstić information content (AvgIpc) is 3.29. The summed E-state index contributed by atoms with van der Waals surface area (Å²) < 4.78 is 2.15. The van der Waals surface area contributed by atoms with E-state index in [4.69, 9.17) is 0 Å². The summed E-state index contributed by atoms with van der Waals surface area (Å²) in [5.41, 5.74) is 2.14. The molecule has 1 saturated heterocycles. The summed E-state index contributed by atoms with van der Waals surface area (Å²) in [6, 6.07) is 14.7. The lowest BCUT2D eigenvalue weighted by molar-refractivity contribution is 0.0619. The van der Waals surface area contributed by atoms with Gasteiger partial charge in [0, 0.05) is 44.7 Å². The fourth-order valence-electron chi connectivity index (χ4n) is 3.66. The van der Waals surface area contributed by atoms with Crippen LogP contribution in [0.15, 0.2) is 60.0 Å². The first-order valence-electron chi connectivity index (χ1n) is 9.49. The van der Waals surface area contributed by atoms with Gasteiger partial charge in [-0.05, 0) is 30.0 Å². The van der Waals surface area contributed by atoms with Crippen molar-refractivity contribution in [2.75, 3.05) is 26.2 Å². The van der Waals surface area contributed by atoms with E-state index < -0.39 is 0 Å². The maximum atomic E-state index is 13.2. The molecule has 1 aromatic carbocycles. The van der Waals surface area contributed by atoms with Crippen molar-refractivity contribution in [3.63, 3.8) is 0 Å². The molecule has 0 N–H and O–H groups in total. The summed E-state index contributed by atoms with van der Waals surface area (Å²) >= 11 is 1.70. The molecule has 0 atom stereocenters. The van der Waals surface area contributed by atoms with Crippen molar-refractivity contribution in [3.8, 4) is 0 Å². The zero-order valence-electron chi connectivity index (χ0n) is 15.7. The lowest BCUT2D eigenvalue weighted by Crippen LogP contribution is -2.48. The number of fused-ring (bicyclic) bond motifs is 1. The molecule has 2 aromatic heterocycles. The van der Waals surface area contributed by atoms with Gasteiger partial charge in [0.15, 0.2) is 0 Å². The summed E-state index contributed by atoms with van der Waals surface area (Å²) in [7, 11) is 0. The van der Waals surface area contributed by atoms with E-state index in [9.17, 15) is 4.79 Å². The minimum absolute atomic E-state index is 0.155. The summed E-state index contributed by atoms with van der Waals surface area (Å²) in [5.74, 6) is 0.155. The first kappa shape index (κ1) is 18.0. The molecule has 4 rings (SSSR count). The van der Waals surface area contributed by atoms with Crippen LogP contribution in [0.25, 0.3) is 10.2 Å². The van der Waals surface area contributed by atoms with Gasteiger partial charge in [0.2, 0.25) is 0 Å². The molecule has 0 saturated carbocycles. The Morgan fingerprint density at radius 3 is 2.63 bits per heavy atom. The van der Waals surface area contributed by atoms with Gasteiger partial charge in [-0.15, -0.1) is 11.3 Å². The van der Waals surface area contributed by atoms with Crippen molar-refractivity contribution in [2.45, 2.75) is 20.0 Å². The predicted octanol–water partition coefficient (Wildman–Crippen LogP) is 4.24. The number of rotatable bonds is 5. The lowest BCUT2D eigenvalue weighted by atomic mass is 10.2. The van der Waals surface area contributed by atoms with E-state index in [-0.39, 0.29) is 5.91 Å². The number of nitrogens with zero attached hydrogens (tertiary/aromatic N) is 3. The fourth-order valence-corrected chi connectivity index (χ4v) is 4.56. The van der Waals surface area contributed by atoms with E-state index >= 15 is 0 Å². The van der Waals surface area contributed by atoms with Gasteiger partial charge in [0.25, 0.3) is 5.91 Å². The third-order valence-electron chi connectivity index (χ3n) is 5.15. The third-order valence-corrected chi connectivity index (χ3v) is 6.11. The normalized spacial score (nSPS) is 15.8. The Labute approximate surface area is 164 Å². The lowest BCUT2D eigenvalue weighted by Gasteiger charge is -2.34. The second kappa shape index (κ2) is 8.11. The number of piperazine rings is 1. The topological polar surface area (TPSA) is 28.5 Å². The molecule has 1 fully saturated rings. The maximum absolute atomic E-state index is 13.2. The molecule has 1 amide bonds. The van der Waals surface area contributed by atoms with Crippen LogP contribution >= 0.6 is 11.3 Å². The van der Waals surface area contributed by atoms with Crippen LogP contribution in [0.3, 0.4) is 0 Å². The first-order chi connectivity index (χ1) is 13.3. The Bertz CT molecular complexity index is 933. The molecule has 27 heavy (non-hydrogen) atoms. The highest BCUT2D eigenvalue weighted by Crippen LogP contribution is 2.26. The van der Waals surface area contributed by atoms with Gasteiger partial charge >= 0.3 is 0 Å². The summed E-state index contributed by atoms with van der Waals surface area (Å²) in [4.78, 5) is 18.8. The molecule has 4 nitrogen and oxygen atoms in total. The number of carbonyl (C=O) groups excluding carboxylic acids is 1. The van der Waals surface area contributed by atoms with Gasteiger partial charge in [-0.25, -0.2) is 0 Å². The van der Waals surface area contributed by atoms with E-state index in [2.05, 4.69) is 51.3 Å². The van der Waals surface area contributed by atoms with E-state index in [0.717, 1.165) is 50.3 Å². The largest absolute Gasteiger partial charge is 0.335 e. The first-order valence-corrected chi connectivity index (χ1v) is 10.4. The Kier molecular flexibility index (Phi) is 5.41. The SMILES string of the molecule is C/C=C\Cn1c(C(=O)N2CCN(Cc3ccccc3)CC2)cc2ccsc21. The number of thiophene rings is 1. The van der Waals surface area contributed by atoms with E-state index in [1.54, 1.807) is 11.3 Å². The Morgan fingerprint density at radius 2 is 1.89 bits per heavy atom. The minimum Gasteiger partial charge on any atom is -0.335 e. The van der Waals surface area contributed by atoms with Crippen molar-refractivity contribution in [3.05, 3.63) is 71.3 Å². The third kappa shape index (κ3) is 3.84. The van der Waals surface area contributed by atoms with Crippen LogP contribution in [0.2, 0.25) is 0 Å². The molecule has 0 bridgehead atoms. The van der Waals surface area contributed by atoms with E-state index in [1.807, 2.05) is 30.0 Å². The zero-order chi connectivity index (χ0) is 18.6. The molecule has 0 aliphatic carbocycles. The van der Waals surface area contributed by atoms with Crippen molar-refractivity contribution >= 4 is 27.5 Å². The number of hydrogen-bond acceptors (Lipinski definition) is 3. The van der Waals surface area contributed by atoms with E-state index in [1.165, 1.54) is 10.4 Å². The molecular weight excluding hydrogens is 354 g/mol. The second-order valence-electron chi connectivity index (χ2n) is 6.94. The van der Waals surface area contributed by atoms with Crippen LogP contribution in [0.4, 0.5) is 0 Å². The monoisotopic (exact) mass is 379 g/mol. The molecule has 0 spiro atoms. The van der Waals surface area contributed by atoms with Crippen LogP contribution in [0.1, 0.15) is 23.0 Å². The van der Waals surface area contributed by atoms with Crippen molar-refractivity contribution in [1.29, 1.82) is 0 Å². The van der Waals surface area contributed by atoms with E-state index in [0.29, 0.717) is 0 Å². The fraction of sp³-hybridized carbons (Fsp3) is 0.318. The highest BCUT2D eigenvalue weighted by molar-refractivity contribution is 7.16. The van der Waals surface area contributed by atoms with Gasteiger partial charge < -0.3 is 9.47 Å². The zero-order valence-corrected chi connectivity index (χ0v) is 16.5. The second-order valence-corrected chi connectivity index (χ2v) is 7.84. The highest BCUT2D eigenvalue weighted by atomic mass is 32.1. The molecule has 140 valence electrons. The molecule has 3 heterocycles. The summed E-state index contributed by atoms with van der Waals surface area (Å²) in [6.07, 6.45) is 4.14. The molecule has 0 unspecified atom stereocenters. The smallest absolute Gasteiger partial charge is 0.270 e. The summed E-state index contributed by atoms with van der Waals surface area (Å²) in [6.45, 7) is 7.13. The van der Waals surface area contributed by atoms with Gasteiger partial charge in [0.05, 0.1) is 0 Å². The van der Waals surface area contributed by atoms with Crippen LogP contribution in [-0.2, 0) is 13.1 Å².